The summed E-state index contributed by atoms with van der Waals surface area (Å²) in [5.41, 5.74) is 7.14. The second-order valence-corrected chi connectivity index (χ2v) is 5.08. The molecule has 1 saturated heterocycles. The van der Waals surface area contributed by atoms with Crippen LogP contribution in [0.2, 0.25) is 0 Å². The number of methoxy groups -OCH3 is 1. The van der Waals surface area contributed by atoms with E-state index >= 15 is 0 Å². The van der Waals surface area contributed by atoms with Crippen molar-refractivity contribution >= 4 is 5.91 Å². The fourth-order valence-corrected chi connectivity index (χ4v) is 2.52. The topological polar surface area (TPSA) is 55.6 Å². The van der Waals surface area contributed by atoms with Gasteiger partial charge in [-0.3, -0.25) is 4.79 Å². The summed E-state index contributed by atoms with van der Waals surface area (Å²) in [4.78, 5) is 14.1. The number of likely N-dealkylation sites (tertiary alicyclic amines) is 1. The van der Waals surface area contributed by atoms with Gasteiger partial charge < -0.3 is 15.4 Å². The van der Waals surface area contributed by atoms with Crippen molar-refractivity contribution in [1.82, 2.24) is 4.90 Å². The van der Waals surface area contributed by atoms with Crippen LogP contribution < -0.4 is 5.73 Å². The third kappa shape index (κ3) is 3.78. The first kappa shape index (κ1) is 14.0. The van der Waals surface area contributed by atoms with Crippen LogP contribution in [0.3, 0.4) is 0 Å². The van der Waals surface area contributed by atoms with E-state index in [0.717, 1.165) is 24.9 Å². The molecule has 0 unspecified atom stereocenters. The Bertz CT molecular complexity index is 408. The highest BCUT2D eigenvalue weighted by Crippen LogP contribution is 2.14. The van der Waals surface area contributed by atoms with E-state index in [1.165, 1.54) is 0 Å². The number of hydrogen-bond donors (Lipinski definition) is 1. The van der Waals surface area contributed by atoms with E-state index in [9.17, 15) is 4.79 Å². The van der Waals surface area contributed by atoms with Crippen LogP contribution in [-0.4, -0.2) is 43.2 Å². The lowest BCUT2D eigenvalue weighted by molar-refractivity contribution is -0.136. The van der Waals surface area contributed by atoms with Gasteiger partial charge in [-0.2, -0.15) is 0 Å². The standard InChI is InChI=1S/C15H22N2O2/c1-19-13-8-5-9-17(11-13)15(18)14(16)10-12-6-3-2-4-7-12/h2-4,6-7,13-14H,5,8-11,16H2,1H3/t13-,14+/m1/s1. The van der Waals surface area contributed by atoms with E-state index in [-0.39, 0.29) is 12.0 Å². The summed E-state index contributed by atoms with van der Waals surface area (Å²) in [6, 6.07) is 9.44. The average molecular weight is 262 g/mol. The van der Waals surface area contributed by atoms with Crippen molar-refractivity contribution in [1.29, 1.82) is 0 Å². The second-order valence-electron chi connectivity index (χ2n) is 5.08. The Morgan fingerprint density at radius 2 is 2.21 bits per heavy atom. The molecule has 1 aromatic carbocycles. The Balaban J connectivity index is 1.91. The van der Waals surface area contributed by atoms with Gasteiger partial charge in [0.2, 0.25) is 5.91 Å². The summed E-state index contributed by atoms with van der Waals surface area (Å²) >= 11 is 0. The van der Waals surface area contributed by atoms with Crippen LogP contribution in [-0.2, 0) is 16.0 Å². The summed E-state index contributed by atoms with van der Waals surface area (Å²) < 4.78 is 5.33. The minimum absolute atomic E-state index is 0.0330. The molecule has 2 rings (SSSR count). The third-order valence-corrected chi connectivity index (χ3v) is 3.64. The van der Waals surface area contributed by atoms with Crippen LogP contribution >= 0.6 is 0 Å². The van der Waals surface area contributed by atoms with Gasteiger partial charge in [0.05, 0.1) is 12.1 Å². The maximum Gasteiger partial charge on any atom is 0.239 e. The molecule has 0 aromatic heterocycles. The predicted molar refractivity (Wildman–Crippen MR) is 74.7 cm³/mol. The number of ether oxygens (including phenoxy) is 1. The maximum atomic E-state index is 12.3. The molecule has 4 nitrogen and oxygen atoms in total. The van der Waals surface area contributed by atoms with Crippen molar-refractivity contribution in [3.63, 3.8) is 0 Å². The minimum Gasteiger partial charge on any atom is -0.380 e. The molecule has 0 spiro atoms. The molecule has 104 valence electrons. The quantitative estimate of drug-likeness (QED) is 0.887. The van der Waals surface area contributed by atoms with Crippen LogP contribution in [0.15, 0.2) is 30.3 Å². The first-order valence-electron chi connectivity index (χ1n) is 6.82. The number of nitrogens with zero attached hydrogens (tertiary/aromatic N) is 1. The molecule has 1 aromatic rings. The lowest BCUT2D eigenvalue weighted by atomic mass is 10.0. The van der Waals surface area contributed by atoms with Gasteiger partial charge in [0, 0.05) is 20.2 Å². The third-order valence-electron chi connectivity index (χ3n) is 3.64. The molecule has 4 heteroatoms. The van der Waals surface area contributed by atoms with Crippen LogP contribution in [0.1, 0.15) is 18.4 Å². The number of carbonyl (C=O) groups excluding carboxylic acids is 1. The smallest absolute Gasteiger partial charge is 0.239 e. The monoisotopic (exact) mass is 262 g/mol. The highest BCUT2D eigenvalue weighted by Gasteiger charge is 2.26. The fourth-order valence-electron chi connectivity index (χ4n) is 2.52. The summed E-state index contributed by atoms with van der Waals surface area (Å²) in [5, 5.41) is 0. The fraction of sp³-hybridized carbons (Fsp3) is 0.533. The molecule has 2 atom stereocenters. The Morgan fingerprint density at radius 3 is 2.89 bits per heavy atom. The Kier molecular flexibility index (Phi) is 4.93. The van der Waals surface area contributed by atoms with Crippen LogP contribution in [0.25, 0.3) is 0 Å². The molecule has 1 aliphatic heterocycles. The molecule has 1 fully saturated rings. The number of carbonyl (C=O) groups is 1. The number of rotatable bonds is 4. The SMILES string of the molecule is CO[C@@H]1CCCN(C(=O)[C@@H](N)Cc2ccccc2)C1. The lowest BCUT2D eigenvalue weighted by Crippen LogP contribution is -2.50. The number of benzene rings is 1. The zero-order valence-corrected chi connectivity index (χ0v) is 11.4. The first-order chi connectivity index (χ1) is 9.20. The number of nitrogens with two attached hydrogens (primary N) is 1. The molecular weight excluding hydrogens is 240 g/mol. The van der Waals surface area contributed by atoms with Gasteiger partial charge in [0.25, 0.3) is 0 Å². The van der Waals surface area contributed by atoms with Gasteiger partial charge >= 0.3 is 0 Å². The van der Waals surface area contributed by atoms with E-state index < -0.39 is 6.04 Å². The largest absolute Gasteiger partial charge is 0.380 e. The van der Waals surface area contributed by atoms with Gasteiger partial charge in [-0.25, -0.2) is 0 Å². The van der Waals surface area contributed by atoms with Gasteiger partial charge in [-0.1, -0.05) is 30.3 Å². The highest BCUT2D eigenvalue weighted by atomic mass is 16.5. The van der Waals surface area contributed by atoms with Crippen LogP contribution in [0.4, 0.5) is 0 Å². The summed E-state index contributed by atoms with van der Waals surface area (Å²) in [6.45, 7) is 1.46. The molecule has 1 aliphatic rings. The molecule has 0 saturated carbocycles. The van der Waals surface area contributed by atoms with E-state index in [1.807, 2.05) is 35.2 Å². The van der Waals surface area contributed by atoms with Crippen molar-refractivity contribution in [3.8, 4) is 0 Å². The van der Waals surface area contributed by atoms with Gasteiger partial charge in [-0.15, -0.1) is 0 Å². The number of amides is 1. The van der Waals surface area contributed by atoms with Crippen molar-refractivity contribution in [2.45, 2.75) is 31.4 Å². The van der Waals surface area contributed by atoms with Crippen LogP contribution in [0, 0.1) is 0 Å². The zero-order valence-electron chi connectivity index (χ0n) is 11.4. The van der Waals surface area contributed by atoms with Crippen molar-refractivity contribution in [2.24, 2.45) is 5.73 Å². The van der Waals surface area contributed by atoms with Crippen molar-refractivity contribution in [2.75, 3.05) is 20.2 Å². The van der Waals surface area contributed by atoms with Crippen LogP contribution in [0.5, 0.6) is 0 Å². The van der Waals surface area contributed by atoms with Gasteiger partial charge in [0.15, 0.2) is 0 Å². The van der Waals surface area contributed by atoms with Gasteiger partial charge in [-0.05, 0) is 24.8 Å². The highest BCUT2D eigenvalue weighted by molar-refractivity contribution is 5.82. The normalized spacial score (nSPS) is 21.2. The zero-order chi connectivity index (χ0) is 13.7. The minimum atomic E-state index is -0.460. The molecule has 19 heavy (non-hydrogen) atoms. The van der Waals surface area contributed by atoms with Gasteiger partial charge in [0.1, 0.15) is 0 Å². The average Bonchev–Trinajstić information content (AvgIpc) is 2.47. The number of hydrogen-bond acceptors (Lipinski definition) is 3. The van der Waals surface area contributed by atoms with E-state index in [0.29, 0.717) is 13.0 Å². The van der Waals surface area contributed by atoms with E-state index in [4.69, 9.17) is 10.5 Å². The molecule has 1 heterocycles. The predicted octanol–water partition coefficient (Wildman–Crippen LogP) is 1.19. The molecule has 0 radical (unpaired) electrons. The number of piperidine rings is 1. The van der Waals surface area contributed by atoms with Crippen molar-refractivity contribution in [3.05, 3.63) is 35.9 Å². The molecule has 2 N–H and O–H groups in total. The molecule has 0 bridgehead atoms. The summed E-state index contributed by atoms with van der Waals surface area (Å²) in [7, 11) is 1.70. The van der Waals surface area contributed by atoms with E-state index in [1.54, 1.807) is 7.11 Å². The molecule has 1 amide bonds. The Labute approximate surface area is 114 Å². The lowest BCUT2D eigenvalue weighted by Gasteiger charge is -2.33. The van der Waals surface area contributed by atoms with E-state index in [2.05, 4.69) is 0 Å². The summed E-state index contributed by atoms with van der Waals surface area (Å²) in [5.74, 6) is 0.0330. The molecular formula is C15H22N2O2. The second kappa shape index (κ2) is 6.68. The Morgan fingerprint density at radius 1 is 1.47 bits per heavy atom. The first-order valence-corrected chi connectivity index (χ1v) is 6.82. The summed E-state index contributed by atoms with van der Waals surface area (Å²) in [6.07, 6.45) is 2.76. The van der Waals surface area contributed by atoms with Crippen molar-refractivity contribution < 1.29 is 9.53 Å². The Hall–Kier alpha value is -1.39. The maximum absolute atomic E-state index is 12.3. The molecule has 0 aliphatic carbocycles.